The number of nitrogens with zero attached hydrogens (tertiary/aromatic N) is 2. The van der Waals surface area contributed by atoms with Crippen LogP contribution in [0.3, 0.4) is 0 Å². The summed E-state index contributed by atoms with van der Waals surface area (Å²) in [4.78, 5) is 16.9. The molecule has 0 bridgehead atoms. The van der Waals surface area contributed by atoms with Crippen LogP contribution in [0.4, 0.5) is 0 Å². The number of imidazole rings is 1. The Labute approximate surface area is 144 Å². The van der Waals surface area contributed by atoms with Gasteiger partial charge in [0.15, 0.2) is 5.78 Å². The third kappa shape index (κ3) is 3.63. The Hall–Kier alpha value is -2.10. The first kappa shape index (κ1) is 15.8. The summed E-state index contributed by atoms with van der Waals surface area (Å²) in [6.07, 6.45) is 1.88. The maximum absolute atomic E-state index is 12.4. The number of carbonyl (C=O) groups is 1. The molecule has 2 aromatic carbocycles. The van der Waals surface area contributed by atoms with Crippen molar-refractivity contribution >= 4 is 29.0 Å². The molecule has 0 aliphatic rings. The van der Waals surface area contributed by atoms with E-state index in [1.54, 1.807) is 24.3 Å². The van der Waals surface area contributed by atoms with E-state index in [9.17, 15) is 4.79 Å². The molecule has 1 heterocycles. The zero-order valence-corrected chi connectivity index (χ0v) is 14.0. The molecule has 3 rings (SSSR count). The predicted molar refractivity (Wildman–Crippen MR) is 93.2 cm³/mol. The SMILES string of the molecule is Cc1nc(-c2ccc(Cl)cc2)cn1CC(=O)c1ccc(Cl)cc1. The van der Waals surface area contributed by atoms with Crippen molar-refractivity contribution in [2.45, 2.75) is 13.5 Å². The molecular weight excluding hydrogens is 331 g/mol. The van der Waals surface area contributed by atoms with Crippen LogP contribution >= 0.6 is 23.2 Å². The van der Waals surface area contributed by atoms with Crippen LogP contribution in [0.1, 0.15) is 16.2 Å². The standard InChI is InChI=1S/C18H14Cl2N2O/c1-12-21-17(13-2-6-15(19)7-3-13)10-22(12)11-18(23)14-4-8-16(20)9-5-14/h2-10H,11H2,1H3. The van der Waals surface area contributed by atoms with Gasteiger partial charge in [0.05, 0.1) is 12.2 Å². The Morgan fingerprint density at radius 3 is 2.17 bits per heavy atom. The van der Waals surface area contributed by atoms with Gasteiger partial charge in [-0.05, 0) is 43.3 Å². The van der Waals surface area contributed by atoms with E-state index in [2.05, 4.69) is 4.98 Å². The molecule has 116 valence electrons. The van der Waals surface area contributed by atoms with Crippen molar-refractivity contribution in [1.29, 1.82) is 0 Å². The van der Waals surface area contributed by atoms with Gasteiger partial charge in [-0.25, -0.2) is 4.98 Å². The summed E-state index contributed by atoms with van der Waals surface area (Å²) in [5.74, 6) is 0.807. The molecular formula is C18H14Cl2N2O. The topological polar surface area (TPSA) is 34.9 Å². The second-order valence-electron chi connectivity index (χ2n) is 5.24. The highest BCUT2D eigenvalue weighted by atomic mass is 35.5. The highest BCUT2D eigenvalue weighted by Crippen LogP contribution is 2.21. The van der Waals surface area contributed by atoms with Crippen molar-refractivity contribution in [2.75, 3.05) is 0 Å². The number of rotatable bonds is 4. The molecule has 0 amide bonds. The number of hydrogen-bond acceptors (Lipinski definition) is 2. The lowest BCUT2D eigenvalue weighted by atomic mass is 10.1. The molecule has 0 atom stereocenters. The van der Waals surface area contributed by atoms with Gasteiger partial charge in [-0.3, -0.25) is 4.79 Å². The van der Waals surface area contributed by atoms with Crippen molar-refractivity contribution in [2.24, 2.45) is 0 Å². The van der Waals surface area contributed by atoms with E-state index in [4.69, 9.17) is 23.2 Å². The van der Waals surface area contributed by atoms with E-state index in [0.717, 1.165) is 17.1 Å². The van der Waals surface area contributed by atoms with E-state index in [0.29, 0.717) is 15.6 Å². The normalized spacial score (nSPS) is 10.7. The zero-order valence-electron chi connectivity index (χ0n) is 12.5. The summed E-state index contributed by atoms with van der Waals surface area (Å²) in [5, 5.41) is 1.30. The number of aromatic nitrogens is 2. The molecule has 1 aromatic heterocycles. The van der Waals surface area contributed by atoms with Crippen molar-refractivity contribution < 1.29 is 4.79 Å². The van der Waals surface area contributed by atoms with Crippen LogP contribution in [-0.2, 0) is 6.54 Å². The summed E-state index contributed by atoms with van der Waals surface area (Å²) in [6, 6.07) is 14.4. The number of hydrogen-bond donors (Lipinski definition) is 0. The molecule has 0 unspecified atom stereocenters. The molecule has 5 heteroatoms. The first-order valence-electron chi connectivity index (χ1n) is 7.11. The summed E-state index contributed by atoms with van der Waals surface area (Å²) in [6.45, 7) is 2.13. The van der Waals surface area contributed by atoms with Crippen molar-refractivity contribution in [3.8, 4) is 11.3 Å². The second kappa shape index (κ2) is 6.57. The Balaban J connectivity index is 1.82. The lowest BCUT2D eigenvalue weighted by Crippen LogP contribution is -2.10. The third-order valence-corrected chi connectivity index (χ3v) is 4.10. The average molecular weight is 345 g/mol. The minimum absolute atomic E-state index is 0.0184. The van der Waals surface area contributed by atoms with Gasteiger partial charge in [0.1, 0.15) is 5.82 Å². The first-order chi connectivity index (χ1) is 11.0. The van der Waals surface area contributed by atoms with E-state index in [1.807, 2.05) is 42.0 Å². The van der Waals surface area contributed by atoms with Crippen LogP contribution in [0.2, 0.25) is 10.0 Å². The number of aryl methyl sites for hydroxylation is 1. The van der Waals surface area contributed by atoms with Gasteiger partial charge in [0, 0.05) is 27.4 Å². The summed E-state index contributed by atoms with van der Waals surface area (Å²) < 4.78 is 1.85. The van der Waals surface area contributed by atoms with Gasteiger partial charge >= 0.3 is 0 Å². The smallest absolute Gasteiger partial charge is 0.182 e. The molecule has 0 fully saturated rings. The average Bonchev–Trinajstić information content (AvgIpc) is 2.89. The fourth-order valence-corrected chi connectivity index (χ4v) is 2.56. The van der Waals surface area contributed by atoms with E-state index >= 15 is 0 Å². The maximum atomic E-state index is 12.4. The predicted octanol–water partition coefficient (Wildman–Crippen LogP) is 5.05. The van der Waals surface area contributed by atoms with E-state index in [1.165, 1.54) is 0 Å². The van der Waals surface area contributed by atoms with Gasteiger partial charge in [-0.15, -0.1) is 0 Å². The first-order valence-corrected chi connectivity index (χ1v) is 7.87. The Morgan fingerprint density at radius 2 is 1.57 bits per heavy atom. The number of carbonyl (C=O) groups excluding carboxylic acids is 1. The number of halogens is 2. The van der Waals surface area contributed by atoms with Crippen LogP contribution in [-0.4, -0.2) is 15.3 Å². The minimum Gasteiger partial charge on any atom is -0.327 e. The van der Waals surface area contributed by atoms with Crippen LogP contribution in [0.15, 0.2) is 54.7 Å². The highest BCUT2D eigenvalue weighted by molar-refractivity contribution is 6.30. The van der Waals surface area contributed by atoms with Crippen LogP contribution in [0.5, 0.6) is 0 Å². The summed E-state index contributed by atoms with van der Waals surface area (Å²) >= 11 is 11.8. The number of benzene rings is 2. The summed E-state index contributed by atoms with van der Waals surface area (Å²) in [5.41, 5.74) is 2.42. The molecule has 0 saturated heterocycles. The van der Waals surface area contributed by atoms with E-state index < -0.39 is 0 Å². The molecule has 23 heavy (non-hydrogen) atoms. The minimum atomic E-state index is 0.0184. The van der Waals surface area contributed by atoms with E-state index in [-0.39, 0.29) is 12.3 Å². The molecule has 0 aliphatic carbocycles. The van der Waals surface area contributed by atoms with Gasteiger partial charge in [0.25, 0.3) is 0 Å². The van der Waals surface area contributed by atoms with Crippen molar-refractivity contribution in [1.82, 2.24) is 9.55 Å². The lowest BCUT2D eigenvalue weighted by molar-refractivity contribution is 0.0971. The number of ketones is 1. The molecule has 0 spiro atoms. The molecule has 0 radical (unpaired) electrons. The van der Waals surface area contributed by atoms with Gasteiger partial charge in [-0.1, -0.05) is 35.3 Å². The van der Waals surface area contributed by atoms with Crippen LogP contribution in [0, 0.1) is 6.92 Å². The number of Topliss-reactive ketones (excluding diaryl/α,β-unsaturated/α-hetero) is 1. The second-order valence-corrected chi connectivity index (χ2v) is 6.11. The van der Waals surface area contributed by atoms with Crippen LogP contribution < -0.4 is 0 Å². The molecule has 0 N–H and O–H groups in total. The largest absolute Gasteiger partial charge is 0.327 e. The highest BCUT2D eigenvalue weighted by Gasteiger charge is 2.11. The Morgan fingerprint density at radius 1 is 1.00 bits per heavy atom. The third-order valence-electron chi connectivity index (χ3n) is 3.60. The monoisotopic (exact) mass is 344 g/mol. The van der Waals surface area contributed by atoms with Gasteiger partial charge < -0.3 is 4.57 Å². The molecule has 0 aliphatic heterocycles. The maximum Gasteiger partial charge on any atom is 0.182 e. The molecule has 0 saturated carbocycles. The Kier molecular flexibility index (Phi) is 4.51. The summed E-state index contributed by atoms with van der Waals surface area (Å²) in [7, 11) is 0. The lowest BCUT2D eigenvalue weighted by Gasteiger charge is -2.04. The van der Waals surface area contributed by atoms with Crippen LogP contribution in [0.25, 0.3) is 11.3 Å². The fraction of sp³-hybridized carbons (Fsp3) is 0.111. The molecule has 3 aromatic rings. The quantitative estimate of drug-likeness (QED) is 0.621. The Bertz CT molecular complexity index is 836. The zero-order chi connectivity index (χ0) is 16.4. The van der Waals surface area contributed by atoms with Crippen molar-refractivity contribution in [3.63, 3.8) is 0 Å². The van der Waals surface area contributed by atoms with Crippen molar-refractivity contribution in [3.05, 3.63) is 76.2 Å². The molecule has 3 nitrogen and oxygen atoms in total. The van der Waals surface area contributed by atoms with Gasteiger partial charge in [-0.2, -0.15) is 0 Å². The van der Waals surface area contributed by atoms with Gasteiger partial charge in [0.2, 0.25) is 0 Å². The fourth-order valence-electron chi connectivity index (χ4n) is 2.31.